The molecule has 2 heterocycles. The zero-order chi connectivity index (χ0) is 18.7. The minimum atomic E-state index is 0.0656. The Kier molecular flexibility index (Phi) is 6.48. The van der Waals surface area contributed by atoms with Gasteiger partial charge in [0.15, 0.2) is 0 Å². The van der Waals surface area contributed by atoms with Gasteiger partial charge in [0.1, 0.15) is 5.82 Å². The number of hydrogen-bond acceptors (Lipinski definition) is 4. The topological polar surface area (TPSA) is 50.2 Å². The molecule has 0 aliphatic carbocycles. The first-order valence-electron chi connectivity index (χ1n) is 9.72. The van der Waals surface area contributed by atoms with E-state index in [-0.39, 0.29) is 11.6 Å². The Morgan fingerprint density at radius 1 is 1.38 bits per heavy atom. The van der Waals surface area contributed by atoms with Gasteiger partial charge in [-0.2, -0.15) is 0 Å². The first-order chi connectivity index (χ1) is 12.5. The largest absolute Gasteiger partial charge is 0.313 e. The number of fused-ring (bicyclic) bond motifs is 1. The first-order valence-corrected chi connectivity index (χ1v) is 10.5. The highest BCUT2D eigenvalue weighted by molar-refractivity contribution is 9.10. The number of halogens is 1. The Morgan fingerprint density at radius 2 is 2.19 bits per heavy atom. The van der Waals surface area contributed by atoms with Crippen LogP contribution in [0.4, 0.5) is 0 Å². The van der Waals surface area contributed by atoms with Crippen molar-refractivity contribution in [3.63, 3.8) is 0 Å². The van der Waals surface area contributed by atoms with Gasteiger partial charge in [-0.25, -0.2) is 4.98 Å². The Hall–Kier alpha value is -1.24. The molecule has 0 radical (unpaired) electrons. The van der Waals surface area contributed by atoms with Crippen molar-refractivity contribution in [1.82, 2.24) is 19.8 Å². The van der Waals surface area contributed by atoms with Crippen molar-refractivity contribution in [3.8, 4) is 0 Å². The summed E-state index contributed by atoms with van der Waals surface area (Å²) < 4.78 is 2.79. The third-order valence-corrected chi connectivity index (χ3v) is 5.68. The van der Waals surface area contributed by atoms with Gasteiger partial charge in [-0.1, -0.05) is 29.3 Å². The third kappa shape index (κ3) is 4.02. The van der Waals surface area contributed by atoms with Gasteiger partial charge in [0.25, 0.3) is 5.56 Å². The average molecular weight is 421 g/mol. The quantitative estimate of drug-likeness (QED) is 0.800. The molecule has 1 N–H and O–H groups in total. The van der Waals surface area contributed by atoms with Crippen molar-refractivity contribution in [1.29, 1.82) is 0 Å². The summed E-state index contributed by atoms with van der Waals surface area (Å²) in [7, 11) is 0. The Bertz CT molecular complexity index is 819. The van der Waals surface area contributed by atoms with E-state index in [1.54, 1.807) is 0 Å². The molecule has 2 aromatic rings. The predicted octanol–water partition coefficient (Wildman–Crippen LogP) is 3.70. The Morgan fingerprint density at radius 3 is 2.92 bits per heavy atom. The van der Waals surface area contributed by atoms with Crippen LogP contribution in [0, 0.1) is 0 Å². The van der Waals surface area contributed by atoms with E-state index in [0.29, 0.717) is 18.0 Å². The van der Waals surface area contributed by atoms with Crippen LogP contribution in [0.5, 0.6) is 0 Å². The van der Waals surface area contributed by atoms with Crippen LogP contribution in [0.2, 0.25) is 0 Å². The van der Waals surface area contributed by atoms with Gasteiger partial charge in [-0.15, -0.1) is 0 Å². The van der Waals surface area contributed by atoms with E-state index in [1.807, 2.05) is 29.7 Å². The monoisotopic (exact) mass is 420 g/mol. The SMILES string of the molecule is CCC[C@@H](c1nc2ccc(Br)cc2c(=O)n1CC)N1CCCN[C@@H](C)C1. The molecule has 1 fully saturated rings. The summed E-state index contributed by atoms with van der Waals surface area (Å²) in [4.78, 5) is 20.6. The van der Waals surface area contributed by atoms with Crippen molar-refractivity contribution >= 4 is 26.8 Å². The molecule has 0 saturated carbocycles. The van der Waals surface area contributed by atoms with E-state index in [4.69, 9.17) is 4.98 Å². The molecule has 5 nitrogen and oxygen atoms in total. The van der Waals surface area contributed by atoms with Crippen LogP contribution in [0.3, 0.4) is 0 Å². The van der Waals surface area contributed by atoms with Gasteiger partial charge in [-0.3, -0.25) is 14.3 Å². The molecule has 1 aromatic carbocycles. The van der Waals surface area contributed by atoms with Gasteiger partial charge in [0.2, 0.25) is 0 Å². The van der Waals surface area contributed by atoms with Crippen LogP contribution < -0.4 is 10.9 Å². The summed E-state index contributed by atoms with van der Waals surface area (Å²) in [6, 6.07) is 6.42. The lowest BCUT2D eigenvalue weighted by Crippen LogP contribution is -2.40. The summed E-state index contributed by atoms with van der Waals surface area (Å²) >= 11 is 3.47. The lowest BCUT2D eigenvalue weighted by molar-refractivity contribution is 0.174. The Labute approximate surface area is 163 Å². The molecule has 0 bridgehead atoms. The maximum Gasteiger partial charge on any atom is 0.261 e. The second-order valence-corrected chi connectivity index (χ2v) is 8.10. The van der Waals surface area contributed by atoms with Gasteiger partial charge in [0.05, 0.1) is 16.9 Å². The fourth-order valence-electron chi connectivity index (χ4n) is 3.94. The molecule has 2 atom stereocenters. The summed E-state index contributed by atoms with van der Waals surface area (Å²) in [5, 5.41) is 4.25. The van der Waals surface area contributed by atoms with Crippen LogP contribution >= 0.6 is 15.9 Å². The highest BCUT2D eigenvalue weighted by Crippen LogP contribution is 2.27. The Balaban J connectivity index is 2.12. The molecule has 1 aliphatic heterocycles. The van der Waals surface area contributed by atoms with Crippen molar-refractivity contribution in [2.45, 2.75) is 58.7 Å². The molecule has 3 rings (SSSR count). The summed E-state index contributed by atoms with van der Waals surface area (Å²) in [5.41, 5.74) is 0.857. The molecule has 1 saturated heterocycles. The second kappa shape index (κ2) is 8.63. The van der Waals surface area contributed by atoms with Gasteiger partial charge in [-0.05, 0) is 51.4 Å². The molecule has 6 heteroatoms. The van der Waals surface area contributed by atoms with Crippen molar-refractivity contribution < 1.29 is 0 Å². The van der Waals surface area contributed by atoms with Gasteiger partial charge >= 0.3 is 0 Å². The molecule has 0 spiro atoms. The molecular formula is C20H29BrN4O. The van der Waals surface area contributed by atoms with Gasteiger partial charge < -0.3 is 5.32 Å². The minimum Gasteiger partial charge on any atom is -0.313 e. The number of hydrogen-bond donors (Lipinski definition) is 1. The van der Waals surface area contributed by atoms with Crippen LogP contribution in [-0.4, -0.2) is 40.1 Å². The number of rotatable bonds is 5. The lowest BCUT2D eigenvalue weighted by Gasteiger charge is -2.32. The normalized spacial score (nSPS) is 20.2. The summed E-state index contributed by atoms with van der Waals surface area (Å²) in [6.45, 7) is 10.2. The minimum absolute atomic E-state index is 0.0656. The van der Waals surface area contributed by atoms with Crippen LogP contribution in [0.15, 0.2) is 27.5 Å². The number of nitrogens with one attached hydrogen (secondary N) is 1. The molecule has 0 unspecified atom stereocenters. The number of aromatic nitrogens is 2. The van der Waals surface area contributed by atoms with E-state index >= 15 is 0 Å². The summed E-state index contributed by atoms with van der Waals surface area (Å²) in [6.07, 6.45) is 3.21. The number of nitrogens with zero attached hydrogens (tertiary/aromatic N) is 3. The fraction of sp³-hybridized carbons (Fsp3) is 0.600. The zero-order valence-electron chi connectivity index (χ0n) is 16.0. The van der Waals surface area contributed by atoms with Crippen LogP contribution in [0.1, 0.15) is 51.9 Å². The third-order valence-electron chi connectivity index (χ3n) is 5.19. The van der Waals surface area contributed by atoms with Crippen molar-refractivity contribution in [2.75, 3.05) is 19.6 Å². The molecule has 0 amide bonds. The molecule has 1 aromatic heterocycles. The van der Waals surface area contributed by atoms with Crippen LogP contribution in [0.25, 0.3) is 10.9 Å². The maximum atomic E-state index is 13.1. The van der Waals surface area contributed by atoms with Crippen molar-refractivity contribution in [2.24, 2.45) is 0 Å². The predicted molar refractivity (Wildman–Crippen MR) is 111 cm³/mol. The van der Waals surface area contributed by atoms with Crippen LogP contribution in [-0.2, 0) is 6.54 Å². The van der Waals surface area contributed by atoms with E-state index in [9.17, 15) is 4.79 Å². The standard InChI is InChI=1S/C20H29BrN4O/c1-4-7-18(24-11-6-10-22-14(3)13-24)19-23-17-9-8-15(21)12-16(17)20(26)25(19)5-2/h8-9,12,14,18,22H,4-7,10-11,13H2,1-3H3/t14-,18-/m0/s1. The second-order valence-electron chi connectivity index (χ2n) is 7.19. The van der Waals surface area contributed by atoms with Crippen molar-refractivity contribution in [3.05, 3.63) is 38.9 Å². The van der Waals surface area contributed by atoms with E-state index in [0.717, 1.165) is 54.7 Å². The molecule has 1 aliphatic rings. The molecule has 142 valence electrons. The molecular weight excluding hydrogens is 392 g/mol. The highest BCUT2D eigenvalue weighted by Gasteiger charge is 2.27. The van der Waals surface area contributed by atoms with E-state index in [1.165, 1.54) is 0 Å². The summed E-state index contributed by atoms with van der Waals surface area (Å²) in [5.74, 6) is 0.920. The smallest absolute Gasteiger partial charge is 0.261 e. The first kappa shape index (κ1) is 19.5. The maximum absolute atomic E-state index is 13.1. The van der Waals surface area contributed by atoms with E-state index in [2.05, 4.69) is 40.0 Å². The lowest BCUT2D eigenvalue weighted by atomic mass is 10.1. The molecule has 26 heavy (non-hydrogen) atoms. The zero-order valence-corrected chi connectivity index (χ0v) is 17.6. The van der Waals surface area contributed by atoms with E-state index < -0.39 is 0 Å². The van der Waals surface area contributed by atoms with Gasteiger partial charge in [0, 0.05) is 30.1 Å². The highest BCUT2D eigenvalue weighted by atomic mass is 79.9. The number of benzene rings is 1. The average Bonchev–Trinajstić information content (AvgIpc) is 2.84. The fourth-order valence-corrected chi connectivity index (χ4v) is 4.30.